The molecule has 0 bridgehead atoms. The standard InChI is InChI=1S/C34H33N5O4/c1-23-26(21-35-33(42)36-27-16-10-5-11-17-27)18-19-28-30(23)32(41)43-34(37-28)38-29(20-24-12-6-3-7-13-24)31(40)39(2)22-25-14-8-4-9-15-25/h3-19,29H,20-22H2,1-2H3,(H,37,38)(H2,35,36,42)/t29-/m0/s1. The summed E-state index contributed by atoms with van der Waals surface area (Å²) in [7, 11) is 1.75. The average Bonchev–Trinajstić information content (AvgIpc) is 3.01. The third kappa shape index (κ3) is 7.45. The van der Waals surface area contributed by atoms with E-state index in [0.717, 1.165) is 16.7 Å². The van der Waals surface area contributed by atoms with Gasteiger partial charge in [0.1, 0.15) is 6.04 Å². The van der Waals surface area contributed by atoms with E-state index >= 15 is 0 Å². The first-order valence-electron chi connectivity index (χ1n) is 14.0. The molecule has 0 aliphatic heterocycles. The first kappa shape index (κ1) is 29.1. The van der Waals surface area contributed by atoms with Crippen molar-refractivity contribution in [2.45, 2.75) is 32.5 Å². The molecule has 9 nitrogen and oxygen atoms in total. The molecule has 3 N–H and O–H groups in total. The Balaban J connectivity index is 1.34. The van der Waals surface area contributed by atoms with Gasteiger partial charge in [0.25, 0.3) is 6.01 Å². The molecule has 0 aliphatic rings. The molecule has 5 aromatic rings. The van der Waals surface area contributed by atoms with Gasteiger partial charge in [0.15, 0.2) is 0 Å². The van der Waals surface area contributed by atoms with Gasteiger partial charge in [0.05, 0.1) is 10.9 Å². The van der Waals surface area contributed by atoms with Gasteiger partial charge in [0, 0.05) is 32.2 Å². The van der Waals surface area contributed by atoms with E-state index in [1.54, 1.807) is 37.1 Å². The number of urea groups is 1. The fourth-order valence-corrected chi connectivity index (χ4v) is 4.89. The number of hydrogen-bond donors (Lipinski definition) is 3. The van der Waals surface area contributed by atoms with E-state index < -0.39 is 11.7 Å². The monoisotopic (exact) mass is 575 g/mol. The molecule has 0 aliphatic carbocycles. The summed E-state index contributed by atoms with van der Waals surface area (Å²) < 4.78 is 5.60. The maximum Gasteiger partial charge on any atom is 0.348 e. The van der Waals surface area contributed by atoms with Crippen LogP contribution in [-0.2, 0) is 24.3 Å². The van der Waals surface area contributed by atoms with Gasteiger partial charge in [0.2, 0.25) is 5.91 Å². The number of likely N-dealkylation sites (N-methyl/N-ethyl adjacent to an activating group) is 1. The first-order valence-corrected chi connectivity index (χ1v) is 14.0. The number of carbonyl (C=O) groups is 2. The van der Waals surface area contributed by atoms with Crippen LogP contribution in [0.4, 0.5) is 16.5 Å². The van der Waals surface area contributed by atoms with Gasteiger partial charge in [-0.15, -0.1) is 0 Å². The number of anilines is 2. The average molecular weight is 576 g/mol. The van der Waals surface area contributed by atoms with Crippen molar-refractivity contribution in [1.82, 2.24) is 15.2 Å². The van der Waals surface area contributed by atoms with E-state index in [9.17, 15) is 14.4 Å². The normalized spacial score (nSPS) is 11.5. The van der Waals surface area contributed by atoms with Crippen molar-refractivity contribution in [1.29, 1.82) is 0 Å². The molecule has 43 heavy (non-hydrogen) atoms. The smallest absolute Gasteiger partial charge is 0.348 e. The summed E-state index contributed by atoms with van der Waals surface area (Å²) in [4.78, 5) is 45.4. The number of aromatic nitrogens is 1. The van der Waals surface area contributed by atoms with Crippen molar-refractivity contribution < 1.29 is 14.0 Å². The highest BCUT2D eigenvalue weighted by Crippen LogP contribution is 2.21. The fourth-order valence-electron chi connectivity index (χ4n) is 4.89. The minimum absolute atomic E-state index is 0.0348. The van der Waals surface area contributed by atoms with Gasteiger partial charge in [-0.1, -0.05) is 84.9 Å². The van der Waals surface area contributed by atoms with Crippen molar-refractivity contribution in [3.05, 3.63) is 136 Å². The van der Waals surface area contributed by atoms with Crippen LogP contribution < -0.4 is 21.6 Å². The number of benzene rings is 4. The van der Waals surface area contributed by atoms with E-state index in [1.807, 2.05) is 84.9 Å². The van der Waals surface area contributed by atoms with Crippen LogP contribution in [0.15, 0.2) is 112 Å². The van der Waals surface area contributed by atoms with Crippen LogP contribution >= 0.6 is 0 Å². The number of fused-ring (bicyclic) bond motifs is 1. The lowest BCUT2D eigenvalue weighted by Gasteiger charge is -2.25. The van der Waals surface area contributed by atoms with Crippen molar-refractivity contribution in [3.8, 4) is 0 Å². The first-order chi connectivity index (χ1) is 20.9. The summed E-state index contributed by atoms with van der Waals surface area (Å²) >= 11 is 0. The van der Waals surface area contributed by atoms with Crippen LogP contribution in [0.2, 0.25) is 0 Å². The van der Waals surface area contributed by atoms with Crippen LogP contribution in [0.25, 0.3) is 10.9 Å². The number of aryl methyl sites for hydroxylation is 1. The van der Waals surface area contributed by atoms with Crippen LogP contribution in [-0.4, -0.2) is 34.9 Å². The zero-order valence-electron chi connectivity index (χ0n) is 24.0. The molecule has 0 spiro atoms. The van der Waals surface area contributed by atoms with Crippen molar-refractivity contribution in [3.63, 3.8) is 0 Å². The quantitative estimate of drug-likeness (QED) is 0.203. The van der Waals surface area contributed by atoms with Crippen molar-refractivity contribution >= 4 is 34.5 Å². The Bertz CT molecular complexity index is 1760. The molecular formula is C34H33N5O4. The Morgan fingerprint density at radius 3 is 2.16 bits per heavy atom. The summed E-state index contributed by atoms with van der Waals surface area (Å²) in [5, 5.41) is 9.00. The van der Waals surface area contributed by atoms with Gasteiger partial charge in [-0.2, -0.15) is 4.98 Å². The molecule has 0 unspecified atom stereocenters. The van der Waals surface area contributed by atoms with Gasteiger partial charge < -0.3 is 25.3 Å². The molecule has 9 heteroatoms. The molecule has 0 saturated carbocycles. The summed E-state index contributed by atoms with van der Waals surface area (Å²) in [5.74, 6) is -0.163. The minimum atomic E-state index is -0.725. The Kier molecular flexibility index (Phi) is 9.11. The summed E-state index contributed by atoms with van der Waals surface area (Å²) in [6, 6.07) is 30.9. The van der Waals surface area contributed by atoms with Crippen LogP contribution in [0.3, 0.4) is 0 Å². The van der Waals surface area contributed by atoms with Gasteiger partial charge in [-0.3, -0.25) is 4.79 Å². The lowest BCUT2D eigenvalue weighted by molar-refractivity contribution is -0.131. The molecule has 0 saturated heterocycles. The van der Waals surface area contributed by atoms with E-state index in [4.69, 9.17) is 4.42 Å². The molecule has 3 amide bonds. The maximum absolute atomic E-state index is 13.6. The third-order valence-corrected chi connectivity index (χ3v) is 7.16. The molecule has 1 aromatic heterocycles. The predicted molar refractivity (Wildman–Crippen MR) is 168 cm³/mol. The van der Waals surface area contributed by atoms with Crippen LogP contribution in [0, 0.1) is 6.92 Å². The third-order valence-electron chi connectivity index (χ3n) is 7.16. The lowest BCUT2D eigenvalue weighted by Crippen LogP contribution is -2.42. The number of carbonyl (C=O) groups excluding carboxylic acids is 2. The van der Waals surface area contributed by atoms with Crippen molar-refractivity contribution in [2.24, 2.45) is 0 Å². The topological polar surface area (TPSA) is 117 Å². The van der Waals surface area contributed by atoms with E-state index in [0.29, 0.717) is 35.1 Å². The Morgan fingerprint density at radius 2 is 1.49 bits per heavy atom. The fraction of sp³-hybridized carbons (Fsp3) is 0.176. The zero-order valence-corrected chi connectivity index (χ0v) is 24.0. The Morgan fingerprint density at radius 1 is 0.860 bits per heavy atom. The minimum Gasteiger partial charge on any atom is -0.389 e. The Hall–Kier alpha value is -5.44. The van der Waals surface area contributed by atoms with Crippen molar-refractivity contribution in [2.75, 3.05) is 17.7 Å². The second kappa shape index (κ2) is 13.5. The van der Waals surface area contributed by atoms with Gasteiger partial charge >= 0.3 is 11.7 Å². The molecule has 0 fully saturated rings. The maximum atomic E-state index is 13.6. The number of amides is 3. The number of rotatable bonds is 10. The summed E-state index contributed by atoms with van der Waals surface area (Å²) in [6.07, 6.45) is 0.372. The highest BCUT2D eigenvalue weighted by Gasteiger charge is 2.25. The molecule has 5 rings (SSSR count). The van der Waals surface area contributed by atoms with Crippen LogP contribution in [0.1, 0.15) is 22.3 Å². The van der Waals surface area contributed by atoms with Gasteiger partial charge in [-0.05, 0) is 47.4 Å². The van der Waals surface area contributed by atoms with Crippen LogP contribution in [0.5, 0.6) is 0 Å². The molecule has 0 radical (unpaired) electrons. The largest absolute Gasteiger partial charge is 0.389 e. The zero-order chi connectivity index (χ0) is 30.2. The number of para-hydroxylation sites is 1. The molecule has 218 valence electrons. The predicted octanol–water partition coefficient (Wildman–Crippen LogP) is 5.50. The molecule has 1 atom stereocenters. The summed E-state index contributed by atoms with van der Waals surface area (Å²) in [5.41, 5.74) is 3.89. The second-order valence-electron chi connectivity index (χ2n) is 10.3. The SMILES string of the molecule is Cc1c(CNC(=O)Nc2ccccc2)ccc2nc(N[C@@H](Cc3ccccc3)C(=O)N(C)Cc3ccccc3)oc(=O)c12. The highest BCUT2D eigenvalue weighted by atomic mass is 16.4. The van der Waals surface area contributed by atoms with Gasteiger partial charge in [-0.25, -0.2) is 9.59 Å². The number of nitrogens with zero attached hydrogens (tertiary/aromatic N) is 2. The second-order valence-corrected chi connectivity index (χ2v) is 10.3. The van der Waals surface area contributed by atoms with E-state index in [1.165, 1.54) is 0 Å². The highest BCUT2D eigenvalue weighted by molar-refractivity contribution is 5.89. The van der Waals surface area contributed by atoms with E-state index in [-0.39, 0.29) is 24.5 Å². The number of nitrogens with one attached hydrogen (secondary N) is 3. The molecule has 4 aromatic carbocycles. The molecule has 1 heterocycles. The summed E-state index contributed by atoms with van der Waals surface area (Å²) in [6.45, 7) is 2.43. The molecular weight excluding hydrogens is 542 g/mol. The lowest BCUT2D eigenvalue weighted by atomic mass is 10.0. The Labute approximate surface area is 249 Å². The number of hydrogen-bond acceptors (Lipinski definition) is 6. The van der Waals surface area contributed by atoms with E-state index in [2.05, 4.69) is 20.9 Å².